The molecule has 6 heteroatoms. The maximum absolute atomic E-state index is 12.3. The van der Waals surface area contributed by atoms with Gasteiger partial charge in [0.15, 0.2) is 17.3 Å². The van der Waals surface area contributed by atoms with E-state index in [4.69, 9.17) is 21.1 Å². The minimum absolute atomic E-state index is 0.139. The Labute approximate surface area is 156 Å². The van der Waals surface area contributed by atoms with Crippen molar-refractivity contribution in [2.24, 2.45) is 0 Å². The maximum Gasteiger partial charge on any atom is 0.310 e. The molecule has 0 atom stereocenters. The Morgan fingerprint density at radius 3 is 2.50 bits per heavy atom. The molecule has 0 aliphatic rings. The van der Waals surface area contributed by atoms with Gasteiger partial charge in [0, 0.05) is 5.56 Å². The number of ketones is 1. The Hall–Kier alpha value is -2.79. The third-order valence-corrected chi connectivity index (χ3v) is 3.88. The molecular formula is C20H19ClO5. The van der Waals surface area contributed by atoms with Crippen molar-refractivity contribution in [2.45, 2.75) is 13.3 Å². The van der Waals surface area contributed by atoms with E-state index in [1.165, 1.54) is 19.3 Å². The van der Waals surface area contributed by atoms with Crippen molar-refractivity contribution in [1.82, 2.24) is 0 Å². The van der Waals surface area contributed by atoms with E-state index >= 15 is 0 Å². The number of benzene rings is 2. The average molecular weight is 375 g/mol. The van der Waals surface area contributed by atoms with Crippen molar-refractivity contribution < 1.29 is 24.2 Å². The first-order chi connectivity index (χ1) is 12.4. The van der Waals surface area contributed by atoms with Gasteiger partial charge in [0.05, 0.1) is 25.2 Å². The molecule has 2 aromatic carbocycles. The minimum Gasteiger partial charge on any atom is -0.503 e. The third kappa shape index (κ3) is 5.10. The number of phenols is 1. The molecule has 0 spiro atoms. The molecule has 0 amide bonds. The number of phenolic OH excluding ortho intramolecular Hbond substituents is 1. The van der Waals surface area contributed by atoms with Crippen LogP contribution >= 0.6 is 11.6 Å². The molecule has 1 N–H and O–H groups in total. The normalized spacial score (nSPS) is 10.7. The summed E-state index contributed by atoms with van der Waals surface area (Å²) < 4.78 is 9.92. The fourth-order valence-electron chi connectivity index (χ4n) is 2.28. The van der Waals surface area contributed by atoms with Crippen LogP contribution in [-0.2, 0) is 16.0 Å². The second-order valence-electron chi connectivity index (χ2n) is 5.43. The number of esters is 1. The average Bonchev–Trinajstić information content (AvgIpc) is 2.63. The summed E-state index contributed by atoms with van der Waals surface area (Å²) >= 11 is 5.92. The highest BCUT2D eigenvalue weighted by Crippen LogP contribution is 2.35. The molecule has 0 unspecified atom stereocenters. The standard InChI is InChI=1S/C20H19ClO5/c1-3-26-19(23)12-13-4-7-15(8-5-13)17(22)9-6-14-10-16(21)20(24)18(11-14)25-2/h4-11,24H,3,12H2,1-2H3. The van der Waals surface area contributed by atoms with Crippen LogP contribution in [0.5, 0.6) is 11.5 Å². The van der Waals surface area contributed by atoms with E-state index in [2.05, 4.69) is 0 Å². The summed E-state index contributed by atoms with van der Waals surface area (Å²) in [6, 6.07) is 9.87. The summed E-state index contributed by atoms with van der Waals surface area (Å²) in [7, 11) is 1.42. The summed E-state index contributed by atoms with van der Waals surface area (Å²) in [5.41, 5.74) is 1.89. The number of methoxy groups -OCH3 is 1. The molecule has 0 radical (unpaired) electrons. The summed E-state index contributed by atoms with van der Waals surface area (Å²) in [5.74, 6) is -0.414. The topological polar surface area (TPSA) is 72.8 Å². The number of rotatable bonds is 7. The van der Waals surface area contributed by atoms with Gasteiger partial charge in [-0.05, 0) is 36.3 Å². The fraction of sp³-hybridized carbons (Fsp3) is 0.200. The monoisotopic (exact) mass is 374 g/mol. The van der Waals surface area contributed by atoms with Crippen molar-refractivity contribution in [1.29, 1.82) is 0 Å². The van der Waals surface area contributed by atoms with Crippen molar-refractivity contribution >= 4 is 29.4 Å². The lowest BCUT2D eigenvalue weighted by molar-refractivity contribution is -0.142. The molecule has 0 aliphatic heterocycles. The van der Waals surface area contributed by atoms with Crippen LogP contribution < -0.4 is 4.74 Å². The van der Waals surface area contributed by atoms with Gasteiger partial charge in [0.2, 0.25) is 0 Å². The number of halogens is 1. The Bertz CT molecular complexity index is 825. The van der Waals surface area contributed by atoms with Gasteiger partial charge < -0.3 is 14.6 Å². The van der Waals surface area contributed by atoms with Gasteiger partial charge in [-0.1, -0.05) is 41.9 Å². The summed E-state index contributed by atoms with van der Waals surface area (Å²) in [4.78, 5) is 23.7. The SMILES string of the molecule is CCOC(=O)Cc1ccc(C(=O)C=Cc2cc(Cl)c(O)c(OC)c2)cc1. The molecular weight excluding hydrogens is 356 g/mol. The van der Waals surface area contributed by atoms with E-state index in [1.807, 2.05) is 0 Å². The van der Waals surface area contributed by atoms with Crippen molar-refractivity contribution in [2.75, 3.05) is 13.7 Å². The summed E-state index contributed by atoms with van der Waals surface area (Å²) in [6.07, 6.45) is 3.16. The van der Waals surface area contributed by atoms with E-state index < -0.39 is 0 Å². The van der Waals surface area contributed by atoms with Gasteiger partial charge in [0.25, 0.3) is 0 Å². The predicted molar refractivity (Wildman–Crippen MR) is 99.8 cm³/mol. The zero-order chi connectivity index (χ0) is 19.1. The third-order valence-electron chi connectivity index (χ3n) is 3.59. The Morgan fingerprint density at radius 1 is 1.19 bits per heavy atom. The first-order valence-electron chi connectivity index (χ1n) is 7.98. The van der Waals surface area contributed by atoms with Crippen LogP contribution in [0.3, 0.4) is 0 Å². The minimum atomic E-state index is -0.301. The molecule has 26 heavy (non-hydrogen) atoms. The lowest BCUT2D eigenvalue weighted by Crippen LogP contribution is -2.07. The van der Waals surface area contributed by atoms with E-state index in [9.17, 15) is 14.7 Å². The molecule has 0 aliphatic carbocycles. The van der Waals surface area contributed by atoms with Crippen LogP contribution in [0.4, 0.5) is 0 Å². The van der Waals surface area contributed by atoms with E-state index in [0.29, 0.717) is 17.7 Å². The van der Waals surface area contributed by atoms with Crippen molar-refractivity contribution in [3.05, 3.63) is 64.2 Å². The Kier molecular flexibility index (Phi) is 6.81. The second kappa shape index (κ2) is 9.06. The molecule has 0 saturated carbocycles. The number of carbonyl (C=O) groups excluding carboxylic acids is 2. The lowest BCUT2D eigenvalue weighted by Gasteiger charge is -2.06. The quantitative estimate of drug-likeness (QED) is 0.449. The smallest absolute Gasteiger partial charge is 0.310 e. The van der Waals surface area contributed by atoms with Crippen LogP contribution in [0.1, 0.15) is 28.4 Å². The zero-order valence-corrected chi connectivity index (χ0v) is 15.2. The van der Waals surface area contributed by atoms with Crippen LogP contribution in [0, 0.1) is 0 Å². The molecule has 0 heterocycles. The van der Waals surface area contributed by atoms with Gasteiger partial charge in [-0.15, -0.1) is 0 Å². The second-order valence-corrected chi connectivity index (χ2v) is 5.84. The maximum atomic E-state index is 12.3. The summed E-state index contributed by atoms with van der Waals surface area (Å²) in [5, 5.41) is 9.86. The van der Waals surface area contributed by atoms with Crippen LogP contribution in [0.25, 0.3) is 6.08 Å². The highest BCUT2D eigenvalue weighted by atomic mass is 35.5. The highest BCUT2D eigenvalue weighted by molar-refractivity contribution is 6.32. The van der Waals surface area contributed by atoms with Crippen molar-refractivity contribution in [3.63, 3.8) is 0 Å². The molecule has 2 aromatic rings. The number of hydrogen-bond acceptors (Lipinski definition) is 5. The van der Waals surface area contributed by atoms with Crippen LogP contribution in [-0.4, -0.2) is 30.6 Å². The number of hydrogen-bond donors (Lipinski definition) is 1. The largest absolute Gasteiger partial charge is 0.503 e. The van der Waals surface area contributed by atoms with Gasteiger partial charge in [-0.25, -0.2) is 0 Å². The Balaban J connectivity index is 2.09. The number of carbonyl (C=O) groups is 2. The van der Waals surface area contributed by atoms with E-state index in [0.717, 1.165) is 5.56 Å². The van der Waals surface area contributed by atoms with E-state index in [1.54, 1.807) is 43.3 Å². The van der Waals surface area contributed by atoms with Gasteiger partial charge in [-0.2, -0.15) is 0 Å². The number of ether oxygens (including phenoxy) is 2. The van der Waals surface area contributed by atoms with E-state index in [-0.39, 0.29) is 34.7 Å². The van der Waals surface area contributed by atoms with Gasteiger partial charge in [-0.3, -0.25) is 9.59 Å². The fourth-order valence-corrected chi connectivity index (χ4v) is 2.50. The molecule has 5 nitrogen and oxygen atoms in total. The zero-order valence-electron chi connectivity index (χ0n) is 14.5. The van der Waals surface area contributed by atoms with Crippen molar-refractivity contribution in [3.8, 4) is 11.5 Å². The lowest BCUT2D eigenvalue weighted by atomic mass is 10.1. The van der Waals surface area contributed by atoms with Crippen LogP contribution in [0.15, 0.2) is 42.5 Å². The van der Waals surface area contributed by atoms with Gasteiger partial charge in [0.1, 0.15) is 0 Å². The first-order valence-corrected chi connectivity index (χ1v) is 8.35. The summed E-state index contributed by atoms with van der Waals surface area (Å²) in [6.45, 7) is 2.09. The molecule has 136 valence electrons. The molecule has 0 saturated heterocycles. The molecule has 0 aromatic heterocycles. The van der Waals surface area contributed by atoms with Crippen LogP contribution in [0.2, 0.25) is 5.02 Å². The highest BCUT2D eigenvalue weighted by Gasteiger charge is 2.09. The molecule has 0 bridgehead atoms. The molecule has 0 fully saturated rings. The number of aromatic hydroxyl groups is 1. The Morgan fingerprint density at radius 2 is 1.88 bits per heavy atom. The number of allylic oxidation sites excluding steroid dienone is 1. The molecule has 2 rings (SSSR count). The van der Waals surface area contributed by atoms with Gasteiger partial charge >= 0.3 is 5.97 Å². The predicted octanol–water partition coefficient (Wildman–Crippen LogP) is 4.06. The first kappa shape index (κ1) is 19.5.